The Hall–Kier alpha value is -2.44. The van der Waals surface area contributed by atoms with Crippen molar-refractivity contribution in [2.75, 3.05) is 0 Å². The zero-order valence-corrected chi connectivity index (χ0v) is 13.6. The molecule has 0 atom stereocenters. The summed E-state index contributed by atoms with van der Waals surface area (Å²) in [5, 5.41) is 0. The van der Waals surface area contributed by atoms with Gasteiger partial charge < -0.3 is 4.98 Å². The molecule has 1 aliphatic carbocycles. The van der Waals surface area contributed by atoms with Crippen molar-refractivity contribution in [3.63, 3.8) is 0 Å². The molecule has 4 nitrogen and oxygen atoms in total. The average Bonchev–Trinajstić information content (AvgIpc) is 3.36. The van der Waals surface area contributed by atoms with Crippen LogP contribution in [0, 0.1) is 6.92 Å². The summed E-state index contributed by atoms with van der Waals surface area (Å²) in [6.07, 6.45) is -2.09. The lowest BCUT2D eigenvalue weighted by Crippen LogP contribution is -2.16. The number of rotatable bonds is 5. The van der Waals surface area contributed by atoms with Gasteiger partial charge in [-0.3, -0.25) is 9.59 Å². The number of aromatic nitrogens is 2. The van der Waals surface area contributed by atoms with E-state index in [0.29, 0.717) is 23.4 Å². The minimum Gasteiger partial charge on any atom is -0.310 e. The van der Waals surface area contributed by atoms with Gasteiger partial charge in [0.15, 0.2) is 5.78 Å². The molecule has 7 heteroatoms. The minimum absolute atomic E-state index is 0.0900. The molecule has 1 aliphatic rings. The first kappa shape index (κ1) is 17.4. The van der Waals surface area contributed by atoms with Gasteiger partial charge in [-0.15, -0.1) is 0 Å². The number of aromatic amines is 1. The second-order valence-corrected chi connectivity index (χ2v) is 6.35. The molecule has 1 N–H and O–H groups in total. The first-order chi connectivity index (χ1) is 11.7. The quantitative estimate of drug-likeness (QED) is 0.835. The molecule has 0 bridgehead atoms. The Labute approximate surface area is 142 Å². The number of ketones is 1. The Morgan fingerprint density at radius 3 is 2.60 bits per heavy atom. The van der Waals surface area contributed by atoms with Crippen LogP contribution in [0.5, 0.6) is 0 Å². The fourth-order valence-corrected chi connectivity index (χ4v) is 2.70. The number of halogens is 3. The molecule has 25 heavy (non-hydrogen) atoms. The number of hydrogen-bond donors (Lipinski definition) is 1. The molecule has 3 rings (SSSR count). The molecule has 0 unspecified atom stereocenters. The summed E-state index contributed by atoms with van der Waals surface area (Å²) in [5.74, 6) is 0.478. The number of H-pyrrole nitrogens is 1. The van der Waals surface area contributed by atoms with Crippen LogP contribution in [-0.4, -0.2) is 15.8 Å². The molecule has 0 saturated heterocycles. The summed E-state index contributed by atoms with van der Waals surface area (Å²) in [4.78, 5) is 30.8. The second-order valence-electron chi connectivity index (χ2n) is 6.35. The van der Waals surface area contributed by atoms with Gasteiger partial charge in [-0.25, -0.2) is 4.98 Å². The number of nitrogens with one attached hydrogen (secondary N) is 1. The van der Waals surface area contributed by atoms with Crippen molar-refractivity contribution in [2.24, 2.45) is 0 Å². The van der Waals surface area contributed by atoms with Crippen LogP contribution in [0.1, 0.15) is 58.2 Å². The first-order valence-electron chi connectivity index (χ1n) is 8.05. The van der Waals surface area contributed by atoms with E-state index in [1.807, 2.05) is 0 Å². The Balaban J connectivity index is 1.71. The van der Waals surface area contributed by atoms with Gasteiger partial charge in [0.2, 0.25) is 0 Å². The van der Waals surface area contributed by atoms with Crippen molar-refractivity contribution in [3.8, 4) is 0 Å². The zero-order valence-electron chi connectivity index (χ0n) is 13.6. The molecule has 0 radical (unpaired) electrons. The van der Waals surface area contributed by atoms with Crippen molar-refractivity contribution < 1.29 is 18.0 Å². The molecule has 0 spiro atoms. The predicted molar refractivity (Wildman–Crippen MR) is 85.7 cm³/mol. The van der Waals surface area contributed by atoms with E-state index >= 15 is 0 Å². The maximum absolute atomic E-state index is 12.7. The van der Waals surface area contributed by atoms with Crippen LogP contribution in [0.4, 0.5) is 13.2 Å². The number of aryl methyl sites for hydroxylation is 2. The van der Waals surface area contributed by atoms with E-state index in [0.717, 1.165) is 25.0 Å². The highest BCUT2D eigenvalue weighted by Gasteiger charge is 2.30. The Morgan fingerprint density at radius 2 is 2.00 bits per heavy atom. The third kappa shape index (κ3) is 4.15. The van der Waals surface area contributed by atoms with E-state index in [4.69, 9.17) is 0 Å². The first-order valence-corrected chi connectivity index (χ1v) is 8.05. The van der Waals surface area contributed by atoms with Crippen LogP contribution in [0.2, 0.25) is 0 Å². The third-order valence-electron chi connectivity index (χ3n) is 4.30. The summed E-state index contributed by atoms with van der Waals surface area (Å²) < 4.78 is 38.1. The molecule has 1 aromatic carbocycles. The lowest BCUT2D eigenvalue weighted by molar-refractivity contribution is -0.137. The van der Waals surface area contributed by atoms with Crippen LogP contribution in [0.25, 0.3) is 0 Å². The molecule has 1 heterocycles. The van der Waals surface area contributed by atoms with E-state index in [2.05, 4.69) is 9.97 Å². The SMILES string of the molecule is Cc1cc(C(F)(F)F)ccc1CCC(=O)c1cc(=O)[nH]c(C2CC2)n1. The molecular formula is C18H17F3N2O2. The van der Waals surface area contributed by atoms with Gasteiger partial charge in [-0.05, 0) is 49.4 Å². The molecule has 0 aliphatic heterocycles. The van der Waals surface area contributed by atoms with Crippen LogP contribution in [0.3, 0.4) is 0 Å². The monoisotopic (exact) mass is 350 g/mol. The second kappa shape index (κ2) is 6.46. The summed E-state index contributed by atoms with van der Waals surface area (Å²) in [7, 11) is 0. The van der Waals surface area contributed by atoms with Gasteiger partial charge in [0.25, 0.3) is 5.56 Å². The Morgan fingerprint density at radius 1 is 1.28 bits per heavy atom. The minimum atomic E-state index is -4.38. The van der Waals surface area contributed by atoms with Gasteiger partial charge in [0.05, 0.1) is 5.56 Å². The number of benzene rings is 1. The average molecular weight is 350 g/mol. The molecule has 132 valence electrons. The molecule has 1 fully saturated rings. The fraction of sp³-hybridized carbons (Fsp3) is 0.389. The van der Waals surface area contributed by atoms with Gasteiger partial charge >= 0.3 is 6.18 Å². The lowest BCUT2D eigenvalue weighted by Gasteiger charge is -2.11. The van der Waals surface area contributed by atoms with E-state index in [9.17, 15) is 22.8 Å². The fourth-order valence-electron chi connectivity index (χ4n) is 2.70. The molecule has 1 saturated carbocycles. The van der Waals surface area contributed by atoms with E-state index < -0.39 is 11.7 Å². The van der Waals surface area contributed by atoms with Crippen LogP contribution < -0.4 is 5.56 Å². The zero-order chi connectivity index (χ0) is 18.2. The van der Waals surface area contributed by atoms with Gasteiger partial charge in [-0.2, -0.15) is 13.2 Å². The number of carbonyl (C=O) groups excluding carboxylic acids is 1. The number of alkyl halides is 3. The predicted octanol–water partition coefficient (Wildman–Crippen LogP) is 3.79. The Bertz CT molecular complexity index is 867. The number of carbonyl (C=O) groups is 1. The van der Waals surface area contributed by atoms with Gasteiger partial charge in [-0.1, -0.05) is 6.07 Å². The van der Waals surface area contributed by atoms with E-state index in [1.54, 1.807) is 6.92 Å². The molecule has 2 aromatic rings. The summed E-state index contributed by atoms with van der Waals surface area (Å²) >= 11 is 0. The summed E-state index contributed by atoms with van der Waals surface area (Å²) in [6.45, 7) is 1.59. The van der Waals surface area contributed by atoms with Crippen molar-refractivity contribution in [3.05, 3.63) is 62.8 Å². The van der Waals surface area contributed by atoms with Gasteiger partial charge in [0.1, 0.15) is 11.5 Å². The molecular weight excluding hydrogens is 333 g/mol. The number of hydrogen-bond acceptors (Lipinski definition) is 3. The van der Waals surface area contributed by atoms with Gasteiger partial charge in [0, 0.05) is 18.4 Å². The standard InChI is InChI=1S/C18H17F3N2O2/c1-10-8-13(18(19,20)21)6-4-11(10)5-7-15(24)14-9-16(25)23-17(22-14)12-2-3-12/h4,6,8-9,12H,2-3,5,7H2,1H3,(H,22,23,25). The van der Waals surface area contributed by atoms with E-state index in [1.165, 1.54) is 12.1 Å². The Kier molecular flexibility index (Phi) is 4.49. The smallest absolute Gasteiger partial charge is 0.310 e. The topological polar surface area (TPSA) is 62.8 Å². The van der Waals surface area contributed by atoms with E-state index in [-0.39, 0.29) is 29.4 Å². The normalized spacial score (nSPS) is 14.6. The van der Waals surface area contributed by atoms with Crippen LogP contribution in [0.15, 0.2) is 29.1 Å². The van der Waals surface area contributed by atoms with Crippen molar-refractivity contribution in [1.29, 1.82) is 0 Å². The highest BCUT2D eigenvalue weighted by Crippen LogP contribution is 2.37. The number of Topliss-reactive ketones (excluding diaryl/α,β-unsaturated/α-hetero) is 1. The van der Waals surface area contributed by atoms with Crippen LogP contribution >= 0.6 is 0 Å². The summed E-state index contributed by atoms with van der Waals surface area (Å²) in [6, 6.07) is 4.67. The molecule has 1 aromatic heterocycles. The maximum Gasteiger partial charge on any atom is 0.416 e. The highest BCUT2D eigenvalue weighted by molar-refractivity contribution is 5.94. The maximum atomic E-state index is 12.7. The van der Waals surface area contributed by atoms with Crippen molar-refractivity contribution in [2.45, 2.75) is 44.7 Å². The highest BCUT2D eigenvalue weighted by atomic mass is 19.4. The van der Waals surface area contributed by atoms with Crippen LogP contribution in [-0.2, 0) is 12.6 Å². The largest absolute Gasteiger partial charge is 0.416 e. The summed E-state index contributed by atoms with van der Waals surface area (Å²) in [5.41, 5.74) is 0.223. The third-order valence-corrected chi connectivity index (χ3v) is 4.30. The number of nitrogens with zero attached hydrogens (tertiary/aromatic N) is 1. The van der Waals surface area contributed by atoms with Crippen molar-refractivity contribution in [1.82, 2.24) is 9.97 Å². The lowest BCUT2D eigenvalue weighted by atomic mass is 9.99. The van der Waals surface area contributed by atoms with Crippen molar-refractivity contribution >= 4 is 5.78 Å². The molecule has 0 amide bonds.